The Labute approximate surface area is 150 Å². The lowest BCUT2D eigenvalue weighted by molar-refractivity contribution is 0.345. The molecule has 6 heteroatoms. The highest BCUT2D eigenvalue weighted by molar-refractivity contribution is 6.30. The maximum Gasteiger partial charge on any atom is 0.244 e. The van der Waals surface area contributed by atoms with E-state index in [0.29, 0.717) is 22.4 Å². The molecule has 2 aromatic heterocycles. The Morgan fingerprint density at radius 1 is 1.16 bits per heavy atom. The number of hydrogen-bond donors (Lipinski definition) is 1. The summed E-state index contributed by atoms with van der Waals surface area (Å²) in [5.74, 6) is 7.26. The lowest BCUT2D eigenvalue weighted by atomic mass is 10.2. The molecule has 3 heterocycles. The largest absolute Gasteiger partial charge is 0.337 e. The van der Waals surface area contributed by atoms with Crippen LogP contribution in [0.5, 0.6) is 0 Å². The molecule has 1 aliphatic rings. The number of nitrogens with one attached hydrogen (secondary N) is 1. The Hall–Kier alpha value is -2.68. The second-order valence-electron chi connectivity index (χ2n) is 5.80. The Bertz CT molecular complexity index is 934. The highest BCUT2D eigenvalue weighted by Crippen LogP contribution is 2.23. The van der Waals surface area contributed by atoms with E-state index >= 15 is 0 Å². The van der Waals surface area contributed by atoms with Gasteiger partial charge in [-0.15, -0.1) is 0 Å². The minimum atomic E-state index is 0.157. The van der Waals surface area contributed by atoms with Gasteiger partial charge in [0.05, 0.1) is 6.04 Å². The molecule has 0 amide bonds. The van der Waals surface area contributed by atoms with E-state index in [1.54, 1.807) is 6.20 Å². The molecule has 1 aliphatic heterocycles. The van der Waals surface area contributed by atoms with Gasteiger partial charge in [0, 0.05) is 22.3 Å². The van der Waals surface area contributed by atoms with Crippen LogP contribution in [-0.4, -0.2) is 21.7 Å². The van der Waals surface area contributed by atoms with Crippen LogP contribution in [0.15, 0.2) is 47.1 Å². The quantitative estimate of drug-likeness (QED) is 0.715. The van der Waals surface area contributed by atoms with Crippen molar-refractivity contribution in [3.8, 4) is 23.4 Å². The van der Waals surface area contributed by atoms with Crippen molar-refractivity contribution in [3.05, 3.63) is 64.6 Å². The minimum Gasteiger partial charge on any atom is -0.337 e. The summed E-state index contributed by atoms with van der Waals surface area (Å²) >= 11 is 5.96. The molecular formula is C19H15ClN4O. The van der Waals surface area contributed by atoms with Gasteiger partial charge in [-0.05, 0) is 49.7 Å². The predicted molar refractivity (Wildman–Crippen MR) is 94.9 cm³/mol. The second kappa shape index (κ2) is 7.06. The minimum absolute atomic E-state index is 0.157. The van der Waals surface area contributed by atoms with Gasteiger partial charge in [0.1, 0.15) is 5.69 Å². The van der Waals surface area contributed by atoms with Gasteiger partial charge in [-0.2, -0.15) is 4.98 Å². The van der Waals surface area contributed by atoms with E-state index in [1.807, 2.05) is 36.4 Å². The van der Waals surface area contributed by atoms with Crippen LogP contribution in [0.4, 0.5) is 0 Å². The van der Waals surface area contributed by atoms with Crippen LogP contribution in [0, 0.1) is 11.8 Å². The van der Waals surface area contributed by atoms with Crippen molar-refractivity contribution in [1.82, 2.24) is 20.4 Å². The number of aromatic nitrogens is 3. The molecule has 1 unspecified atom stereocenters. The normalized spacial score (nSPS) is 16.4. The molecule has 4 rings (SSSR count). The molecule has 5 nitrogen and oxygen atoms in total. The zero-order valence-corrected chi connectivity index (χ0v) is 14.1. The van der Waals surface area contributed by atoms with Gasteiger partial charge in [-0.25, -0.2) is 0 Å². The van der Waals surface area contributed by atoms with E-state index in [-0.39, 0.29) is 6.04 Å². The zero-order valence-electron chi connectivity index (χ0n) is 13.4. The molecular weight excluding hydrogens is 336 g/mol. The SMILES string of the molecule is Clc1cccc(C#Cc2ccc(-c3noc(C4CCCN4)n3)nc2)c1. The predicted octanol–water partition coefficient (Wildman–Crippen LogP) is 3.61. The summed E-state index contributed by atoms with van der Waals surface area (Å²) in [6.07, 6.45) is 3.85. The Morgan fingerprint density at radius 3 is 2.84 bits per heavy atom. The first-order chi connectivity index (χ1) is 12.3. The summed E-state index contributed by atoms with van der Waals surface area (Å²) in [5.41, 5.74) is 2.34. The van der Waals surface area contributed by atoms with Crippen molar-refractivity contribution in [3.63, 3.8) is 0 Å². The van der Waals surface area contributed by atoms with E-state index in [1.165, 1.54) is 0 Å². The van der Waals surface area contributed by atoms with Gasteiger partial charge < -0.3 is 9.84 Å². The molecule has 1 atom stereocenters. The molecule has 0 spiro atoms. The molecule has 0 bridgehead atoms. The zero-order chi connectivity index (χ0) is 17.1. The fraction of sp³-hybridized carbons (Fsp3) is 0.211. The Kier molecular flexibility index (Phi) is 4.47. The van der Waals surface area contributed by atoms with Gasteiger partial charge in [-0.3, -0.25) is 4.98 Å². The molecule has 1 aromatic carbocycles. The highest BCUT2D eigenvalue weighted by Gasteiger charge is 2.22. The molecule has 0 radical (unpaired) electrons. The summed E-state index contributed by atoms with van der Waals surface area (Å²) in [6, 6.07) is 11.3. The molecule has 1 saturated heterocycles. The van der Waals surface area contributed by atoms with E-state index in [9.17, 15) is 0 Å². The molecule has 3 aromatic rings. The first kappa shape index (κ1) is 15.8. The fourth-order valence-electron chi connectivity index (χ4n) is 2.69. The highest BCUT2D eigenvalue weighted by atomic mass is 35.5. The van der Waals surface area contributed by atoms with Crippen molar-refractivity contribution < 1.29 is 4.52 Å². The number of pyridine rings is 1. The van der Waals surface area contributed by atoms with Crippen molar-refractivity contribution >= 4 is 11.6 Å². The molecule has 124 valence electrons. The average Bonchev–Trinajstić information content (AvgIpc) is 3.32. The summed E-state index contributed by atoms with van der Waals surface area (Å²) in [6.45, 7) is 0.987. The lowest BCUT2D eigenvalue weighted by Gasteiger charge is -2.01. The third-order valence-corrected chi connectivity index (χ3v) is 4.20. The first-order valence-corrected chi connectivity index (χ1v) is 8.47. The van der Waals surface area contributed by atoms with Gasteiger partial charge in [0.25, 0.3) is 0 Å². The van der Waals surface area contributed by atoms with Crippen LogP contribution >= 0.6 is 11.6 Å². The van der Waals surface area contributed by atoms with Crippen LogP contribution < -0.4 is 5.32 Å². The van der Waals surface area contributed by atoms with Gasteiger partial charge in [-0.1, -0.05) is 34.7 Å². The van der Waals surface area contributed by atoms with Crippen molar-refractivity contribution in [2.45, 2.75) is 18.9 Å². The number of halogens is 1. The van der Waals surface area contributed by atoms with Crippen molar-refractivity contribution in [2.75, 3.05) is 6.54 Å². The Balaban J connectivity index is 1.50. The number of benzene rings is 1. The third kappa shape index (κ3) is 3.71. The second-order valence-corrected chi connectivity index (χ2v) is 6.23. The van der Waals surface area contributed by atoms with Crippen LogP contribution in [0.2, 0.25) is 5.02 Å². The molecule has 25 heavy (non-hydrogen) atoms. The topological polar surface area (TPSA) is 63.8 Å². The van der Waals surface area contributed by atoms with E-state index in [2.05, 4.69) is 32.3 Å². The molecule has 0 aliphatic carbocycles. The van der Waals surface area contributed by atoms with E-state index in [4.69, 9.17) is 16.1 Å². The number of hydrogen-bond acceptors (Lipinski definition) is 5. The van der Waals surface area contributed by atoms with Crippen LogP contribution in [0.1, 0.15) is 35.9 Å². The Morgan fingerprint density at radius 2 is 2.08 bits per heavy atom. The summed E-state index contributed by atoms with van der Waals surface area (Å²) in [7, 11) is 0. The third-order valence-electron chi connectivity index (χ3n) is 3.97. The summed E-state index contributed by atoms with van der Waals surface area (Å²) in [4.78, 5) is 8.83. The van der Waals surface area contributed by atoms with Crippen LogP contribution in [0.3, 0.4) is 0 Å². The molecule has 0 saturated carbocycles. The smallest absolute Gasteiger partial charge is 0.244 e. The fourth-order valence-corrected chi connectivity index (χ4v) is 2.88. The lowest BCUT2D eigenvalue weighted by Crippen LogP contribution is -2.12. The van der Waals surface area contributed by atoms with E-state index < -0.39 is 0 Å². The maximum absolute atomic E-state index is 5.96. The number of rotatable bonds is 2. The maximum atomic E-state index is 5.96. The standard InChI is InChI=1S/C19H15ClN4O/c20-15-4-1-3-13(11-15)6-7-14-8-9-16(22-12-14)18-23-19(25-24-18)17-5-2-10-21-17/h1,3-4,8-9,11-12,17,21H,2,5,10H2. The van der Waals surface area contributed by atoms with E-state index in [0.717, 1.165) is 30.5 Å². The van der Waals surface area contributed by atoms with Gasteiger partial charge in [0.15, 0.2) is 0 Å². The van der Waals surface area contributed by atoms with Crippen molar-refractivity contribution in [1.29, 1.82) is 0 Å². The van der Waals surface area contributed by atoms with Crippen LogP contribution in [0.25, 0.3) is 11.5 Å². The first-order valence-electron chi connectivity index (χ1n) is 8.09. The van der Waals surface area contributed by atoms with Gasteiger partial charge in [0.2, 0.25) is 11.7 Å². The molecule has 1 N–H and O–H groups in total. The number of nitrogens with zero attached hydrogens (tertiary/aromatic N) is 3. The summed E-state index contributed by atoms with van der Waals surface area (Å²) < 4.78 is 5.35. The molecule has 1 fully saturated rings. The van der Waals surface area contributed by atoms with Crippen LogP contribution in [-0.2, 0) is 0 Å². The monoisotopic (exact) mass is 350 g/mol. The average molecular weight is 351 g/mol. The van der Waals surface area contributed by atoms with Gasteiger partial charge >= 0.3 is 0 Å². The summed E-state index contributed by atoms with van der Waals surface area (Å²) in [5, 5.41) is 8.03. The van der Waals surface area contributed by atoms with Crippen molar-refractivity contribution in [2.24, 2.45) is 0 Å².